The summed E-state index contributed by atoms with van der Waals surface area (Å²) < 4.78 is 0.895. The molecule has 0 unspecified atom stereocenters. The van der Waals surface area contributed by atoms with Crippen molar-refractivity contribution in [2.45, 2.75) is 13.0 Å². The van der Waals surface area contributed by atoms with Crippen molar-refractivity contribution in [1.29, 1.82) is 0 Å². The van der Waals surface area contributed by atoms with Crippen molar-refractivity contribution in [3.05, 3.63) is 28.5 Å². The highest BCUT2D eigenvalue weighted by Crippen LogP contribution is 2.08. The van der Waals surface area contributed by atoms with E-state index in [1.54, 1.807) is 0 Å². The van der Waals surface area contributed by atoms with E-state index >= 15 is 0 Å². The lowest BCUT2D eigenvalue weighted by atomic mass is 10.1. The van der Waals surface area contributed by atoms with E-state index in [4.69, 9.17) is 0 Å². The van der Waals surface area contributed by atoms with E-state index in [0.717, 1.165) is 30.2 Å². The zero-order valence-electron chi connectivity index (χ0n) is 8.67. The van der Waals surface area contributed by atoms with Gasteiger partial charge in [-0.3, -0.25) is 0 Å². The molecule has 1 aliphatic rings. The summed E-state index contributed by atoms with van der Waals surface area (Å²) in [5, 5.41) is 6.84. The van der Waals surface area contributed by atoms with Crippen LogP contribution in [-0.4, -0.2) is 24.6 Å². The van der Waals surface area contributed by atoms with E-state index in [0.29, 0.717) is 0 Å². The standard InChI is InChI=1S/C11H16BrN3/c12-11-2-1-9(8-15-11)6-14-7-10-3-4-13-5-10/h1-2,8,10,13-14H,3-7H2/t10-/m1/s1. The average molecular weight is 270 g/mol. The molecule has 1 saturated heterocycles. The second-order valence-electron chi connectivity index (χ2n) is 3.98. The van der Waals surface area contributed by atoms with Crippen LogP contribution in [0.25, 0.3) is 0 Å². The zero-order chi connectivity index (χ0) is 10.5. The number of rotatable bonds is 4. The fourth-order valence-electron chi connectivity index (χ4n) is 1.82. The molecule has 1 aromatic rings. The summed E-state index contributed by atoms with van der Waals surface area (Å²) in [5.74, 6) is 0.799. The minimum atomic E-state index is 0.799. The van der Waals surface area contributed by atoms with Gasteiger partial charge in [0.15, 0.2) is 0 Å². The lowest BCUT2D eigenvalue weighted by Gasteiger charge is -2.09. The zero-order valence-corrected chi connectivity index (χ0v) is 10.3. The summed E-state index contributed by atoms with van der Waals surface area (Å²) in [7, 11) is 0. The van der Waals surface area contributed by atoms with Gasteiger partial charge in [-0.1, -0.05) is 6.07 Å². The summed E-state index contributed by atoms with van der Waals surface area (Å²) in [5.41, 5.74) is 1.24. The van der Waals surface area contributed by atoms with E-state index in [-0.39, 0.29) is 0 Å². The quantitative estimate of drug-likeness (QED) is 0.815. The van der Waals surface area contributed by atoms with Crippen molar-refractivity contribution >= 4 is 15.9 Å². The molecular weight excluding hydrogens is 254 g/mol. The van der Waals surface area contributed by atoms with Gasteiger partial charge in [0, 0.05) is 12.7 Å². The number of hydrogen-bond acceptors (Lipinski definition) is 3. The van der Waals surface area contributed by atoms with E-state index < -0.39 is 0 Å². The molecule has 0 saturated carbocycles. The first-order valence-corrected chi connectivity index (χ1v) is 6.16. The van der Waals surface area contributed by atoms with Crippen LogP contribution in [0.5, 0.6) is 0 Å². The molecule has 1 fully saturated rings. The maximum Gasteiger partial charge on any atom is 0.106 e. The minimum Gasteiger partial charge on any atom is -0.316 e. The summed E-state index contributed by atoms with van der Waals surface area (Å²) in [6, 6.07) is 4.07. The molecule has 0 amide bonds. The third kappa shape index (κ3) is 3.55. The molecule has 15 heavy (non-hydrogen) atoms. The molecule has 0 aromatic carbocycles. The number of nitrogens with one attached hydrogen (secondary N) is 2. The van der Waals surface area contributed by atoms with Crippen molar-refractivity contribution < 1.29 is 0 Å². The van der Waals surface area contributed by atoms with E-state index in [2.05, 4.69) is 37.6 Å². The van der Waals surface area contributed by atoms with Gasteiger partial charge < -0.3 is 10.6 Å². The van der Waals surface area contributed by atoms with Crippen LogP contribution in [0.3, 0.4) is 0 Å². The first-order valence-electron chi connectivity index (χ1n) is 5.36. The molecule has 0 radical (unpaired) electrons. The Balaban J connectivity index is 1.71. The fraction of sp³-hybridized carbons (Fsp3) is 0.545. The lowest BCUT2D eigenvalue weighted by molar-refractivity contribution is 0.512. The first kappa shape index (κ1) is 11.0. The van der Waals surface area contributed by atoms with Crippen LogP contribution < -0.4 is 10.6 Å². The van der Waals surface area contributed by atoms with Crippen LogP contribution in [0.1, 0.15) is 12.0 Å². The van der Waals surface area contributed by atoms with Gasteiger partial charge in [-0.25, -0.2) is 4.98 Å². The molecule has 0 spiro atoms. The van der Waals surface area contributed by atoms with Crippen LogP contribution >= 0.6 is 15.9 Å². The minimum absolute atomic E-state index is 0.799. The molecule has 82 valence electrons. The predicted octanol–water partition coefficient (Wildman–Crippen LogP) is 1.54. The summed E-state index contributed by atoms with van der Waals surface area (Å²) in [4.78, 5) is 4.19. The van der Waals surface area contributed by atoms with Gasteiger partial charge in [-0.15, -0.1) is 0 Å². The monoisotopic (exact) mass is 269 g/mol. The smallest absolute Gasteiger partial charge is 0.106 e. The fourth-order valence-corrected chi connectivity index (χ4v) is 2.05. The predicted molar refractivity (Wildman–Crippen MR) is 64.6 cm³/mol. The Morgan fingerprint density at radius 1 is 1.53 bits per heavy atom. The van der Waals surface area contributed by atoms with Crippen molar-refractivity contribution in [2.75, 3.05) is 19.6 Å². The third-order valence-corrected chi connectivity index (χ3v) is 3.18. The number of hydrogen-bond donors (Lipinski definition) is 2. The Morgan fingerprint density at radius 3 is 3.13 bits per heavy atom. The van der Waals surface area contributed by atoms with Gasteiger partial charge in [0.25, 0.3) is 0 Å². The third-order valence-electron chi connectivity index (χ3n) is 2.71. The molecule has 1 atom stereocenters. The van der Waals surface area contributed by atoms with Crippen LogP contribution in [-0.2, 0) is 6.54 Å². The van der Waals surface area contributed by atoms with Crippen LogP contribution in [0.4, 0.5) is 0 Å². The maximum atomic E-state index is 4.19. The van der Waals surface area contributed by atoms with E-state index in [1.165, 1.54) is 18.5 Å². The average Bonchev–Trinajstić information content (AvgIpc) is 2.74. The molecule has 0 aliphatic carbocycles. The summed E-state index contributed by atoms with van der Waals surface area (Å²) in [6.45, 7) is 4.34. The number of nitrogens with zero attached hydrogens (tertiary/aromatic N) is 1. The summed E-state index contributed by atoms with van der Waals surface area (Å²) in [6.07, 6.45) is 3.20. The molecule has 3 nitrogen and oxygen atoms in total. The largest absolute Gasteiger partial charge is 0.316 e. The van der Waals surface area contributed by atoms with E-state index in [1.807, 2.05) is 12.3 Å². The second kappa shape index (κ2) is 5.58. The van der Waals surface area contributed by atoms with Gasteiger partial charge in [0.2, 0.25) is 0 Å². The highest BCUT2D eigenvalue weighted by molar-refractivity contribution is 9.10. The Morgan fingerprint density at radius 2 is 2.47 bits per heavy atom. The molecule has 2 heterocycles. The highest BCUT2D eigenvalue weighted by atomic mass is 79.9. The maximum absolute atomic E-state index is 4.19. The lowest BCUT2D eigenvalue weighted by Crippen LogP contribution is -2.24. The van der Waals surface area contributed by atoms with Crippen LogP contribution in [0.2, 0.25) is 0 Å². The molecular formula is C11H16BrN3. The Kier molecular flexibility index (Phi) is 4.11. The molecule has 4 heteroatoms. The van der Waals surface area contributed by atoms with Crippen LogP contribution in [0.15, 0.2) is 22.9 Å². The van der Waals surface area contributed by atoms with Gasteiger partial charge in [-0.2, -0.15) is 0 Å². The van der Waals surface area contributed by atoms with Crippen molar-refractivity contribution in [1.82, 2.24) is 15.6 Å². The van der Waals surface area contributed by atoms with Gasteiger partial charge in [0.05, 0.1) is 0 Å². The van der Waals surface area contributed by atoms with Gasteiger partial charge in [-0.05, 0) is 59.5 Å². The number of aromatic nitrogens is 1. The van der Waals surface area contributed by atoms with Crippen LogP contribution in [0, 0.1) is 5.92 Å². The van der Waals surface area contributed by atoms with Gasteiger partial charge >= 0.3 is 0 Å². The Labute approximate surface area is 98.8 Å². The highest BCUT2D eigenvalue weighted by Gasteiger charge is 2.13. The first-order chi connectivity index (χ1) is 7.34. The topological polar surface area (TPSA) is 37.0 Å². The van der Waals surface area contributed by atoms with Gasteiger partial charge in [0.1, 0.15) is 4.60 Å². The molecule has 1 aliphatic heterocycles. The second-order valence-corrected chi connectivity index (χ2v) is 4.79. The van der Waals surface area contributed by atoms with Crippen molar-refractivity contribution in [3.63, 3.8) is 0 Å². The number of pyridine rings is 1. The molecule has 2 N–H and O–H groups in total. The SMILES string of the molecule is Brc1ccc(CNC[C@@H]2CCNC2)cn1. The molecule has 0 bridgehead atoms. The molecule has 2 rings (SSSR count). The number of halogens is 1. The van der Waals surface area contributed by atoms with Crippen molar-refractivity contribution in [3.8, 4) is 0 Å². The Hall–Kier alpha value is -0.450. The van der Waals surface area contributed by atoms with E-state index in [9.17, 15) is 0 Å². The summed E-state index contributed by atoms with van der Waals surface area (Å²) >= 11 is 3.33. The molecule has 1 aromatic heterocycles. The normalized spacial score (nSPS) is 20.7. The van der Waals surface area contributed by atoms with Crippen molar-refractivity contribution in [2.24, 2.45) is 5.92 Å². The Bertz CT molecular complexity index is 293.